The quantitative estimate of drug-likeness (QED) is 0.484. The molecule has 7 heteroatoms. The highest BCUT2D eigenvalue weighted by atomic mass is 35.5. The lowest BCUT2D eigenvalue weighted by Gasteiger charge is -2.19. The van der Waals surface area contributed by atoms with Crippen LogP contribution in [-0.4, -0.2) is 16.5 Å². The van der Waals surface area contributed by atoms with Crippen LogP contribution in [0.1, 0.15) is 26.3 Å². The van der Waals surface area contributed by atoms with E-state index in [9.17, 15) is 14.9 Å². The number of hydrogen-bond acceptors (Lipinski definition) is 4. The van der Waals surface area contributed by atoms with E-state index >= 15 is 0 Å². The molecule has 0 N–H and O–H groups in total. The van der Waals surface area contributed by atoms with Crippen molar-refractivity contribution in [1.29, 1.82) is 0 Å². The minimum Gasteiger partial charge on any atom is -0.460 e. The molecule has 1 aromatic carbocycles. The Kier molecular flexibility index (Phi) is 4.76. The number of esters is 1. The standard InChI is InChI=1S/C12H13Cl2NO4/c1-12(2,3)19-10(16)5-7-4-8(13)6-9(11(7)14)15(17)18/h4,6H,5H2,1-3H3. The Morgan fingerprint density at radius 2 is 1.95 bits per heavy atom. The van der Waals surface area contributed by atoms with Crippen molar-refractivity contribution in [2.24, 2.45) is 0 Å². The summed E-state index contributed by atoms with van der Waals surface area (Å²) in [6.45, 7) is 5.19. The second-order valence-electron chi connectivity index (χ2n) is 4.92. The lowest BCUT2D eigenvalue weighted by molar-refractivity contribution is -0.384. The van der Waals surface area contributed by atoms with Crippen LogP contribution in [0.4, 0.5) is 5.69 Å². The molecule has 0 aliphatic rings. The molecule has 0 radical (unpaired) electrons. The lowest BCUT2D eigenvalue weighted by atomic mass is 10.1. The number of halogens is 2. The molecule has 1 rings (SSSR count). The maximum Gasteiger partial charge on any atom is 0.310 e. The van der Waals surface area contributed by atoms with E-state index in [4.69, 9.17) is 27.9 Å². The van der Waals surface area contributed by atoms with Gasteiger partial charge in [0, 0.05) is 11.1 Å². The van der Waals surface area contributed by atoms with Gasteiger partial charge in [0.05, 0.1) is 11.3 Å². The average Bonchev–Trinajstić information content (AvgIpc) is 2.19. The van der Waals surface area contributed by atoms with Crippen LogP contribution in [-0.2, 0) is 16.0 Å². The SMILES string of the molecule is CC(C)(C)OC(=O)Cc1cc(Cl)cc([N+](=O)[O-])c1Cl. The summed E-state index contributed by atoms with van der Waals surface area (Å²) in [6.07, 6.45) is -0.169. The van der Waals surface area contributed by atoms with E-state index in [1.165, 1.54) is 6.07 Å². The van der Waals surface area contributed by atoms with Crippen LogP contribution in [0.5, 0.6) is 0 Å². The van der Waals surface area contributed by atoms with Gasteiger partial charge in [-0.05, 0) is 32.4 Å². The van der Waals surface area contributed by atoms with Crippen molar-refractivity contribution < 1.29 is 14.5 Å². The summed E-state index contributed by atoms with van der Waals surface area (Å²) >= 11 is 11.7. The number of nitrogens with zero attached hydrogens (tertiary/aromatic N) is 1. The molecule has 0 spiro atoms. The summed E-state index contributed by atoms with van der Waals surface area (Å²) < 4.78 is 5.13. The maximum absolute atomic E-state index is 11.7. The highest BCUT2D eigenvalue weighted by molar-refractivity contribution is 6.35. The van der Waals surface area contributed by atoms with Gasteiger partial charge in [0.2, 0.25) is 0 Å². The van der Waals surface area contributed by atoms with E-state index in [0.717, 1.165) is 6.07 Å². The summed E-state index contributed by atoms with van der Waals surface area (Å²) in [5.74, 6) is -0.522. The van der Waals surface area contributed by atoms with Crippen molar-refractivity contribution >= 4 is 34.9 Å². The van der Waals surface area contributed by atoms with Gasteiger partial charge in [0.25, 0.3) is 5.69 Å². The molecule has 0 aliphatic heterocycles. The molecular formula is C12H13Cl2NO4. The number of benzene rings is 1. The maximum atomic E-state index is 11.7. The van der Waals surface area contributed by atoms with Crippen molar-refractivity contribution in [1.82, 2.24) is 0 Å². The first-order valence-electron chi connectivity index (χ1n) is 5.44. The minimum atomic E-state index is -0.646. The molecule has 0 fully saturated rings. The van der Waals surface area contributed by atoms with Gasteiger partial charge in [-0.2, -0.15) is 0 Å². The third-order valence-corrected chi connectivity index (χ3v) is 2.70. The smallest absolute Gasteiger partial charge is 0.310 e. The molecule has 5 nitrogen and oxygen atoms in total. The molecule has 0 amide bonds. The van der Waals surface area contributed by atoms with Crippen molar-refractivity contribution in [2.45, 2.75) is 32.8 Å². The molecule has 0 bridgehead atoms. The number of nitro groups is 1. The second kappa shape index (κ2) is 5.75. The van der Waals surface area contributed by atoms with Gasteiger partial charge in [-0.3, -0.25) is 14.9 Å². The molecule has 0 heterocycles. The molecule has 1 aromatic rings. The molecule has 0 aromatic heterocycles. The Balaban J connectivity index is 3.02. The van der Waals surface area contributed by atoms with Crippen molar-refractivity contribution in [3.8, 4) is 0 Å². The predicted octanol–water partition coefficient (Wildman–Crippen LogP) is 3.79. The second-order valence-corrected chi connectivity index (χ2v) is 5.73. The van der Waals surface area contributed by atoms with Gasteiger partial charge in [-0.25, -0.2) is 0 Å². The van der Waals surface area contributed by atoms with Crippen molar-refractivity contribution in [3.05, 3.63) is 37.9 Å². The third kappa shape index (κ3) is 4.69. The van der Waals surface area contributed by atoms with E-state index in [1.807, 2.05) is 0 Å². The average molecular weight is 306 g/mol. The largest absolute Gasteiger partial charge is 0.460 e. The first kappa shape index (κ1) is 15.7. The topological polar surface area (TPSA) is 69.4 Å². The van der Waals surface area contributed by atoms with Crippen molar-refractivity contribution in [2.75, 3.05) is 0 Å². The van der Waals surface area contributed by atoms with Crippen LogP contribution in [0, 0.1) is 10.1 Å². The lowest BCUT2D eigenvalue weighted by Crippen LogP contribution is -2.25. The summed E-state index contributed by atoms with van der Waals surface area (Å²) in [5, 5.41) is 10.8. The summed E-state index contributed by atoms with van der Waals surface area (Å²) in [7, 11) is 0. The Labute approximate surface area is 120 Å². The van der Waals surface area contributed by atoms with Gasteiger partial charge in [0.15, 0.2) is 0 Å². The number of rotatable bonds is 3. The molecule has 0 unspecified atom stereocenters. The van der Waals surface area contributed by atoms with Crippen LogP contribution < -0.4 is 0 Å². The van der Waals surface area contributed by atoms with Crippen LogP contribution in [0.15, 0.2) is 12.1 Å². The fraction of sp³-hybridized carbons (Fsp3) is 0.417. The van der Waals surface area contributed by atoms with Gasteiger partial charge in [-0.1, -0.05) is 23.2 Å². The van der Waals surface area contributed by atoms with Crippen LogP contribution in [0.2, 0.25) is 10.0 Å². The number of hydrogen-bond donors (Lipinski definition) is 0. The van der Waals surface area contributed by atoms with Gasteiger partial charge in [0.1, 0.15) is 10.6 Å². The fourth-order valence-corrected chi connectivity index (χ4v) is 1.90. The van der Waals surface area contributed by atoms with E-state index in [1.54, 1.807) is 20.8 Å². The van der Waals surface area contributed by atoms with Crippen molar-refractivity contribution in [3.63, 3.8) is 0 Å². The number of carbonyl (C=O) groups excluding carboxylic acids is 1. The Morgan fingerprint density at radius 3 is 2.42 bits per heavy atom. The zero-order chi connectivity index (χ0) is 14.8. The third-order valence-electron chi connectivity index (χ3n) is 2.05. The van der Waals surface area contributed by atoms with Gasteiger partial charge in [-0.15, -0.1) is 0 Å². The highest BCUT2D eigenvalue weighted by Crippen LogP contribution is 2.32. The zero-order valence-electron chi connectivity index (χ0n) is 10.7. The molecule has 0 aliphatic carbocycles. The fourth-order valence-electron chi connectivity index (χ4n) is 1.42. The predicted molar refractivity (Wildman–Crippen MR) is 72.7 cm³/mol. The number of ether oxygens (including phenoxy) is 1. The van der Waals surface area contributed by atoms with E-state index in [2.05, 4.69) is 0 Å². The van der Waals surface area contributed by atoms with Crippen LogP contribution in [0.3, 0.4) is 0 Å². The normalized spacial score (nSPS) is 11.2. The number of nitro benzene ring substituents is 1. The number of carbonyl (C=O) groups is 1. The Morgan fingerprint density at radius 1 is 1.37 bits per heavy atom. The molecule has 19 heavy (non-hydrogen) atoms. The first-order valence-corrected chi connectivity index (χ1v) is 6.20. The van der Waals surface area contributed by atoms with Crippen LogP contribution in [0.25, 0.3) is 0 Å². The minimum absolute atomic E-state index is 0.0970. The van der Waals surface area contributed by atoms with E-state index < -0.39 is 16.5 Å². The summed E-state index contributed by atoms with van der Waals surface area (Å²) in [4.78, 5) is 21.8. The highest BCUT2D eigenvalue weighted by Gasteiger charge is 2.22. The van der Waals surface area contributed by atoms with E-state index in [0.29, 0.717) is 0 Å². The molecule has 0 saturated carbocycles. The molecule has 0 atom stereocenters. The van der Waals surface area contributed by atoms with Gasteiger partial charge >= 0.3 is 5.97 Å². The molecule has 0 saturated heterocycles. The molecular weight excluding hydrogens is 293 g/mol. The first-order chi connectivity index (χ1) is 8.60. The van der Waals surface area contributed by atoms with E-state index in [-0.39, 0.29) is 27.7 Å². The Hall–Kier alpha value is -1.33. The summed E-state index contributed by atoms with van der Waals surface area (Å²) in [6, 6.07) is 2.56. The Bertz CT molecular complexity index is 523. The molecule has 104 valence electrons. The monoisotopic (exact) mass is 305 g/mol. The zero-order valence-corrected chi connectivity index (χ0v) is 12.2. The summed E-state index contributed by atoms with van der Waals surface area (Å²) in [5.41, 5.74) is -0.684. The van der Waals surface area contributed by atoms with Gasteiger partial charge < -0.3 is 4.74 Å². The van der Waals surface area contributed by atoms with Crippen LogP contribution >= 0.6 is 23.2 Å².